The summed E-state index contributed by atoms with van der Waals surface area (Å²) < 4.78 is 16.3. The van der Waals surface area contributed by atoms with Gasteiger partial charge in [0.1, 0.15) is 0 Å². The first-order valence-corrected chi connectivity index (χ1v) is 6.07. The van der Waals surface area contributed by atoms with Gasteiger partial charge in [0.25, 0.3) is 0 Å². The first-order chi connectivity index (χ1) is 8.70. The molecule has 0 N–H and O–H groups in total. The quantitative estimate of drug-likeness (QED) is 0.819. The molecular weight excluding hydrogens is 232 g/mol. The van der Waals surface area contributed by atoms with Gasteiger partial charge >= 0.3 is 0 Å². The molecule has 1 aliphatic rings. The predicted molar refractivity (Wildman–Crippen MR) is 66.0 cm³/mol. The van der Waals surface area contributed by atoms with E-state index < -0.39 is 12.4 Å². The molecule has 18 heavy (non-hydrogen) atoms. The molecule has 4 heteroatoms. The molecule has 98 valence electrons. The maximum Gasteiger partial charge on any atom is 0.190 e. The zero-order valence-corrected chi connectivity index (χ0v) is 10.7. The average Bonchev–Trinajstić information content (AvgIpc) is 2.38. The summed E-state index contributed by atoms with van der Waals surface area (Å²) in [6.45, 7) is 2.24. The van der Waals surface area contributed by atoms with E-state index in [2.05, 4.69) is 0 Å². The van der Waals surface area contributed by atoms with Crippen molar-refractivity contribution in [3.63, 3.8) is 0 Å². The Morgan fingerprint density at radius 1 is 1.33 bits per heavy atom. The summed E-state index contributed by atoms with van der Waals surface area (Å²) in [6, 6.07) is 9.73. The lowest BCUT2D eigenvalue weighted by Gasteiger charge is -2.32. The molecule has 1 saturated heterocycles. The number of rotatable bonds is 4. The van der Waals surface area contributed by atoms with Crippen LogP contribution in [0.25, 0.3) is 0 Å². The molecule has 0 saturated carbocycles. The summed E-state index contributed by atoms with van der Waals surface area (Å²) in [5.74, 6) is 0.0385. The number of Topliss-reactive ketones (excluding diaryl/α,β-unsaturated/α-hetero) is 1. The highest BCUT2D eigenvalue weighted by molar-refractivity contribution is 5.84. The Bertz CT molecular complexity index is 390. The van der Waals surface area contributed by atoms with Crippen molar-refractivity contribution in [3.05, 3.63) is 35.9 Å². The van der Waals surface area contributed by atoms with Gasteiger partial charge in [-0.15, -0.1) is 0 Å². The first-order valence-electron chi connectivity index (χ1n) is 6.07. The molecular formula is C14H18O4. The number of carbonyl (C=O) groups is 1. The fourth-order valence-corrected chi connectivity index (χ4v) is 2.01. The zero-order chi connectivity index (χ0) is 13.0. The maximum absolute atomic E-state index is 11.9. The Kier molecular flexibility index (Phi) is 4.47. The van der Waals surface area contributed by atoms with Crippen molar-refractivity contribution in [1.29, 1.82) is 0 Å². The molecule has 1 aromatic carbocycles. The lowest BCUT2D eigenvalue weighted by Crippen LogP contribution is -2.47. The second kappa shape index (κ2) is 6.09. The number of ether oxygens (including phenoxy) is 3. The minimum Gasteiger partial charge on any atom is -0.360 e. The summed E-state index contributed by atoms with van der Waals surface area (Å²) in [7, 11) is 1.52. The molecule has 1 aliphatic heterocycles. The van der Waals surface area contributed by atoms with E-state index in [-0.39, 0.29) is 11.9 Å². The second-order valence-electron chi connectivity index (χ2n) is 4.44. The molecule has 1 fully saturated rings. The number of methoxy groups -OCH3 is 1. The van der Waals surface area contributed by atoms with Crippen molar-refractivity contribution >= 4 is 5.78 Å². The SMILES string of the molecule is CO[C@H]1O[C@H](C)CC(=O)[C@H]1OCc1ccccc1. The summed E-state index contributed by atoms with van der Waals surface area (Å²) >= 11 is 0. The second-order valence-corrected chi connectivity index (χ2v) is 4.44. The summed E-state index contributed by atoms with van der Waals surface area (Å²) in [5, 5.41) is 0. The third kappa shape index (κ3) is 3.16. The number of benzene rings is 1. The van der Waals surface area contributed by atoms with Crippen LogP contribution in [0.3, 0.4) is 0 Å². The van der Waals surface area contributed by atoms with E-state index in [9.17, 15) is 4.79 Å². The molecule has 0 aromatic heterocycles. The van der Waals surface area contributed by atoms with Crippen molar-refractivity contribution < 1.29 is 19.0 Å². The van der Waals surface area contributed by atoms with Crippen molar-refractivity contribution in [2.75, 3.05) is 7.11 Å². The van der Waals surface area contributed by atoms with Crippen LogP contribution in [0.5, 0.6) is 0 Å². The van der Waals surface area contributed by atoms with Crippen molar-refractivity contribution in [3.8, 4) is 0 Å². The molecule has 2 rings (SSSR count). The molecule has 0 aliphatic carbocycles. The minimum atomic E-state index is -0.633. The van der Waals surface area contributed by atoms with Gasteiger partial charge in [-0.25, -0.2) is 0 Å². The lowest BCUT2D eigenvalue weighted by molar-refractivity contribution is -0.230. The molecule has 3 atom stereocenters. The van der Waals surface area contributed by atoms with Gasteiger partial charge in [-0.2, -0.15) is 0 Å². The van der Waals surface area contributed by atoms with Gasteiger partial charge in [0, 0.05) is 13.5 Å². The minimum absolute atomic E-state index is 0.0385. The van der Waals surface area contributed by atoms with Gasteiger partial charge in [-0.3, -0.25) is 4.79 Å². The highest BCUT2D eigenvalue weighted by Crippen LogP contribution is 2.20. The Morgan fingerprint density at radius 3 is 2.72 bits per heavy atom. The van der Waals surface area contributed by atoms with E-state index in [4.69, 9.17) is 14.2 Å². The molecule has 0 unspecified atom stereocenters. The third-order valence-corrected chi connectivity index (χ3v) is 2.92. The third-order valence-electron chi connectivity index (χ3n) is 2.92. The Hall–Kier alpha value is -1.23. The Morgan fingerprint density at radius 2 is 2.06 bits per heavy atom. The largest absolute Gasteiger partial charge is 0.360 e. The number of carbonyl (C=O) groups excluding carboxylic acids is 1. The lowest BCUT2D eigenvalue weighted by atomic mass is 10.1. The van der Waals surface area contributed by atoms with Crippen molar-refractivity contribution in [2.24, 2.45) is 0 Å². The van der Waals surface area contributed by atoms with Crippen LogP contribution in [-0.4, -0.2) is 31.4 Å². The smallest absolute Gasteiger partial charge is 0.190 e. The van der Waals surface area contributed by atoms with E-state index in [1.807, 2.05) is 37.3 Å². The molecule has 0 bridgehead atoms. The molecule has 0 radical (unpaired) electrons. The molecule has 1 aromatic rings. The molecule has 0 amide bonds. The normalized spacial score (nSPS) is 28.3. The molecule has 4 nitrogen and oxygen atoms in total. The van der Waals surface area contributed by atoms with Crippen LogP contribution in [0.2, 0.25) is 0 Å². The van der Waals surface area contributed by atoms with Gasteiger partial charge in [-0.05, 0) is 12.5 Å². The summed E-state index contributed by atoms with van der Waals surface area (Å²) in [6.07, 6.45) is -0.977. The van der Waals surface area contributed by atoms with Crippen molar-refractivity contribution in [1.82, 2.24) is 0 Å². The molecule has 1 heterocycles. The Labute approximate surface area is 107 Å². The van der Waals surface area contributed by atoms with E-state index in [0.717, 1.165) is 5.56 Å². The van der Waals surface area contributed by atoms with Crippen LogP contribution < -0.4 is 0 Å². The monoisotopic (exact) mass is 250 g/mol. The average molecular weight is 250 g/mol. The zero-order valence-electron chi connectivity index (χ0n) is 10.7. The van der Waals surface area contributed by atoms with Crippen LogP contribution in [-0.2, 0) is 25.6 Å². The van der Waals surface area contributed by atoms with E-state index in [0.29, 0.717) is 13.0 Å². The first kappa shape index (κ1) is 13.2. The van der Waals surface area contributed by atoms with E-state index >= 15 is 0 Å². The number of hydrogen-bond acceptors (Lipinski definition) is 4. The van der Waals surface area contributed by atoms with Crippen LogP contribution in [0, 0.1) is 0 Å². The predicted octanol–water partition coefficient (Wildman–Crippen LogP) is 1.92. The van der Waals surface area contributed by atoms with Gasteiger partial charge in [0.05, 0.1) is 12.7 Å². The van der Waals surface area contributed by atoms with Crippen LogP contribution >= 0.6 is 0 Å². The van der Waals surface area contributed by atoms with Gasteiger partial charge in [-0.1, -0.05) is 30.3 Å². The number of ketones is 1. The summed E-state index contributed by atoms with van der Waals surface area (Å²) in [4.78, 5) is 11.9. The van der Waals surface area contributed by atoms with Crippen molar-refractivity contribution in [2.45, 2.75) is 38.4 Å². The van der Waals surface area contributed by atoms with Gasteiger partial charge in [0.2, 0.25) is 0 Å². The van der Waals surface area contributed by atoms with E-state index in [1.54, 1.807) is 0 Å². The highest BCUT2D eigenvalue weighted by atomic mass is 16.7. The summed E-state index contributed by atoms with van der Waals surface area (Å²) in [5.41, 5.74) is 1.03. The molecule has 0 spiro atoms. The van der Waals surface area contributed by atoms with Crippen LogP contribution in [0.1, 0.15) is 18.9 Å². The number of hydrogen-bond donors (Lipinski definition) is 0. The van der Waals surface area contributed by atoms with Gasteiger partial charge < -0.3 is 14.2 Å². The standard InChI is InChI=1S/C14H18O4/c1-10-8-12(15)13(14(16-2)18-10)17-9-11-6-4-3-5-7-11/h3-7,10,13-14H,8-9H2,1-2H3/t10-,13-,14+/m1/s1. The maximum atomic E-state index is 11.9. The van der Waals surface area contributed by atoms with Crippen LogP contribution in [0.4, 0.5) is 0 Å². The van der Waals surface area contributed by atoms with Gasteiger partial charge in [0.15, 0.2) is 18.2 Å². The fourth-order valence-electron chi connectivity index (χ4n) is 2.01. The Balaban J connectivity index is 1.96. The van der Waals surface area contributed by atoms with E-state index in [1.165, 1.54) is 7.11 Å². The van der Waals surface area contributed by atoms with Crippen LogP contribution in [0.15, 0.2) is 30.3 Å². The highest BCUT2D eigenvalue weighted by Gasteiger charge is 2.37. The topological polar surface area (TPSA) is 44.8 Å². The fraction of sp³-hybridized carbons (Fsp3) is 0.500.